The number of rotatable bonds is 6. The average molecular weight is 323 g/mol. The Balaban J connectivity index is 1.94. The van der Waals surface area contributed by atoms with Gasteiger partial charge in [0.25, 0.3) is 0 Å². The first kappa shape index (κ1) is 19.2. The lowest BCUT2D eigenvalue weighted by Gasteiger charge is -2.51. The maximum Gasteiger partial charge on any atom is 0.0172 e. The van der Waals surface area contributed by atoms with Gasteiger partial charge in [-0.3, -0.25) is 0 Å². The molecule has 0 atom stereocenters. The quantitative estimate of drug-likeness (QED) is 0.675. The van der Waals surface area contributed by atoms with Crippen molar-refractivity contribution in [2.75, 3.05) is 0 Å². The van der Waals surface area contributed by atoms with Crippen LogP contribution in [0.25, 0.3) is 0 Å². The molecule has 2 aliphatic rings. The normalized spacial score (nSPS) is 28.4. The highest BCUT2D eigenvalue weighted by molar-refractivity contribution is 5.04. The maximum atomic E-state index is 6.86. The highest BCUT2D eigenvalue weighted by atomic mass is 14.8. The van der Waals surface area contributed by atoms with Gasteiger partial charge in [0, 0.05) is 11.1 Å². The molecule has 0 amide bonds. The summed E-state index contributed by atoms with van der Waals surface area (Å²) in [6, 6.07) is 0. The van der Waals surface area contributed by atoms with Crippen LogP contribution >= 0.6 is 0 Å². The standard InChI is InChI=1S/C21H42N2/c1-5-18(6-2)9-13-20(22,14-10-18)17-21(23)15-11-19(7-3,8-4)12-16-21/h5-17,22-23H2,1-4H3. The molecule has 2 heteroatoms. The molecule has 0 aromatic rings. The Labute approximate surface area is 145 Å². The second kappa shape index (κ2) is 7.04. The van der Waals surface area contributed by atoms with Gasteiger partial charge in [0.2, 0.25) is 0 Å². The molecule has 0 aromatic heterocycles. The number of hydrogen-bond acceptors (Lipinski definition) is 2. The summed E-state index contributed by atoms with van der Waals surface area (Å²) in [7, 11) is 0. The van der Waals surface area contributed by atoms with Crippen molar-refractivity contribution >= 4 is 0 Å². The van der Waals surface area contributed by atoms with Gasteiger partial charge in [-0.1, -0.05) is 53.4 Å². The van der Waals surface area contributed by atoms with Crippen molar-refractivity contribution in [3.8, 4) is 0 Å². The van der Waals surface area contributed by atoms with Gasteiger partial charge in [0.1, 0.15) is 0 Å². The van der Waals surface area contributed by atoms with E-state index in [4.69, 9.17) is 11.5 Å². The van der Waals surface area contributed by atoms with Gasteiger partial charge >= 0.3 is 0 Å². The molecule has 0 bridgehead atoms. The number of hydrogen-bond donors (Lipinski definition) is 2. The fraction of sp³-hybridized carbons (Fsp3) is 1.00. The molecule has 2 rings (SSSR count). The van der Waals surface area contributed by atoms with Crippen molar-refractivity contribution in [3.63, 3.8) is 0 Å². The van der Waals surface area contributed by atoms with Crippen LogP contribution in [0.15, 0.2) is 0 Å². The molecule has 0 spiro atoms. The van der Waals surface area contributed by atoms with Crippen LogP contribution in [0.3, 0.4) is 0 Å². The first-order chi connectivity index (χ1) is 10.8. The van der Waals surface area contributed by atoms with E-state index in [1.54, 1.807) is 0 Å². The van der Waals surface area contributed by atoms with E-state index in [0.717, 1.165) is 6.42 Å². The van der Waals surface area contributed by atoms with Crippen LogP contribution in [-0.4, -0.2) is 11.1 Å². The molecule has 2 nitrogen and oxygen atoms in total. The monoisotopic (exact) mass is 322 g/mol. The Kier molecular flexibility index (Phi) is 5.89. The van der Waals surface area contributed by atoms with Crippen molar-refractivity contribution in [2.45, 2.75) is 122 Å². The van der Waals surface area contributed by atoms with Gasteiger partial charge in [-0.15, -0.1) is 0 Å². The van der Waals surface area contributed by atoms with Crippen LogP contribution in [-0.2, 0) is 0 Å². The minimum atomic E-state index is 0.00101. The lowest BCUT2D eigenvalue weighted by atomic mass is 9.59. The van der Waals surface area contributed by atoms with Gasteiger partial charge in [0.15, 0.2) is 0 Å². The van der Waals surface area contributed by atoms with E-state index < -0.39 is 0 Å². The predicted octanol–water partition coefficient (Wildman–Crippen LogP) is 5.53. The second-order valence-corrected chi connectivity index (χ2v) is 9.32. The summed E-state index contributed by atoms with van der Waals surface area (Å²) in [6.45, 7) is 9.42. The number of nitrogens with two attached hydrogens (primary N) is 2. The Bertz CT molecular complexity index is 323. The van der Waals surface area contributed by atoms with Gasteiger partial charge < -0.3 is 11.5 Å². The zero-order chi connectivity index (χ0) is 17.2. The molecule has 4 N–H and O–H groups in total. The lowest BCUT2D eigenvalue weighted by molar-refractivity contribution is 0.0646. The van der Waals surface area contributed by atoms with Crippen LogP contribution in [0.1, 0.15) is 111 Å². The molecule has 0 heterocycles. The summed E-state index contributed by atoms with van der Waals surface area (Å²) in [5.41, 5.74) is 14.9. The molecular weight excluding hydrogens is 280 g/mol. The van der Waals surface area contributed by atoms with Crippen LogP contribution in [0.4, 0.5) is 0 Å². The highest BCUT2D eigenvalue weighted by Crippen LogP contribution is 2.50. The van der Waals surface area contributed by atoms with Gasteiger partial charge in [-0.05, 0) is 68.6 Å². The Morgan fingerprint density at radius 2 is 0.783 bits per heavy atom. The Hall–Kier alpha value is -0.0800. The van der Waals surface area contributed by atoms with Crippen molar-refractivity contribution in [2.24, 2.45) is 22.3 Å². The van der Waals surface area contributed by atoms with Crippen LogP contribution in [0, 0.1) is 10.8 Å². The molecule has 0 aliphatic heterocycles. The van der Waals surface area contributed by atoms with E-state index >= 15 is 0 Å². The van der Waals surface area contributed by atoms with Gasteiger partial charge in [-0.2, -0.15) is 0 Å². The van der Waals surface area contributed by atoms with Gasteiger partial charge in [0.05, 0.1) is 0 Å². The topological polar surface area (TPSA) is 52.0 Å². The molecule has 0 unspecified atom stereocenters. The molecule has 136 valence electrons. The predicted molar refractivity (Wildman–Crippen MR) is 101 cm³/mol. The minimum Gasteiger partial charge on any atom is -0.325 e. The van der Waals surface area contributed by atoms with Crippen molar-refractivity contribution in [3.05, 3.63) is 0 Å². The fourth-order valence-electron chi connectivity index (χ4n) is 5.53. The molecule has 2 saturated carbocycles. The van der Waals surface area contributed by atoms with E-state index in [2.05, 4.69) is 27.7 Å². The van der Waals surface area contributed by atoms with E-state index in [1.165, 1.54) is 77.0 Å². The molecule has 0 saturated heterocycles. The average Bonchev–Trinajstić information content (AvgIpc) is 2.57. The minimum absolute atomic E-state index is 0.00101. The second-order valence-electron chi connectivity index (χ2n) is 9.32. The summed E-state index contributed by atoms with van der Waals surface area (Å²) in [4.78, 5) is 0. The molecule has 23 heavy (non-hydrogen) atoms. The van der Waals surface area contributed by atoms with Gasteiger partial charge in [-0.25, -0.2) is 0 Å². The molecule has 0 radical (unpaired) electrons. The third-order valence-electron chi connectivity index (χ3n) is 8.32. The first-order valence-corrected chi connectivity index (χ1v) is 10.4. The van der Waals surface area contributed by atoms with E-state index in [-0.39, 0.29) is 11.1 Å². The third kappa shape index (κ3) is 4.12. The van der Waals surface area contributed by atoms with E-state index in [9.17, 15) is 0 Å². The maximum absolute atomic E-state index is 6.86. The van der Waals surface area contributed by atoms with Crippen LogP contribution in [0.5, 0.6) is 0 Å². The molecular formula is C21H42N2. The Morgan fingerprint density at radius 1 is 0.522 bits per heavy atom. The fourth-order valence-corrected chi connectivity index (χ4v) is 5.53. The van der Waals surface area contributed by atoms with Crippen LogP contribution in [0.2, 0.25) is 0 Å². The highest BCUT2D eigenvalue weighted by Gasteiger charge is 2.45. The largest absolute Gasteiger partial charge is 0.325 e. The molecule has 2 aliphatic carbocycles. The first-order valence-electron chi connectivity index (χ1n) is 10.4. The van der Waals surface area contributed by atoms with E-state index in [0.29, 0.717) is 10.8 Å². The summed E-state index contributed by atoms with van der Waals surface area (Å²) in [6.07, 6.45) is 16.2. The van der Waals surface area contributed by atoms with Crippen LogP contribution < -0.4 is 11.5 Å². The summed E-state index contributed by atoms with van der Waals surface area (Å²) in [5.74, 6) is 0. The lowest BCUT2D eigenvalue weighted by Crippen LogP contribution is -2.56. The molecule has 0 aromatic carbocycles. The summed E-state index contributed by atoms with van der Waals surface area (Å²) < 4.78 is 0. The Morgan fingerprint density at radius 3 is 1.00 bits per heavy atom. The van der Waals surface area contributed by atoms with Crippen molar-refractivity contribution in [1.82, 2.24) is 0 Å². The van der Waals surface area contributed by atoms with Crippen molar-refractivity contribution in [1.29, 1.82) is 0 Å². The summed E-state index contributed by atoms with van der Waals surface area (Å²) in [5, 5.41) is 0. The van der Waals surface area contributed by atoms with Crippen molar-refractivity contribution < 1.29 is 0 Å². The summed E-state index contributed by atoms with van der Waals surface area (Å²) >= 11 is 0. The van der Waals surface area contributed by atoms with E-state index in [1.807, 2.05) is 0 Å². The third-order valence-corrected chi connectivity index (χ3v) is 8.32. The zero-order valence-corrected chi connectivity index (χ0v) is 16.3. The SMILES string of the molecule is CCC1(CC)CCC(N)(CC2(N)CCC(CC)(CC)CC2)CC1. The smallest absolute Gasteiger partial charge is 0.0172 e. The zero-order valence-electron chi connectivity index (χ0n) is 16.3. The molecule has 2 fully saturated rings.